The van der Waals surface area contributed by atoms with Crippen molar-refractivity contribution in [3.8, 4) is 0 Å². The lowest BCUT2D eigenvalue weighted by molar-refractivity contribution is 0.645. The van der Waals surface area contributed by atoms with Gasteiger partial charge in [0.1, 0.15) is 5.82 Å². The molecule has 1 heterocycles. The van der Waals surface area contributed by atoms with E-state index in [1.807, 2.05) is 6.07 Å². The highest BCUT2D eigenvalue weighted by molar-refractivity contribution is 5.75. The third-order valence-corrected chi connectivity index (χ3v) is 3.71. The smallest absolute Gasteiger partial charge is 0.109 e. The number of hydrogen-bond donors (Lipinski definition) is 1. The van der Waals surface area contributed by atoms with Crippen LogP contribution >= 0.6 is 0 Å². The van der Waals surface area contributed by atoms with E-state index in [2.05, 4.69) is 65.3 Å². The number of aromatic nitrogens is 2. The summed E-state index contributed by atoms with van der Waals surface area (Å²) < 4.78 is 2.35. The first-order valence-electron chi connectivity index (χ1n) is 7.61. The fourth-order valence-corrected chi connectivity index (χ4v) is 2.67. The van der Waals surface area contributed by atoms with Crippen molar-refractivity contribution >= 4 is 16.7 Å². The van der Waals surface area contributed by atoms with Crippen LogP contribution in [0.4, 0.5) is 5.69 Å². The molecule has 21 heavy (non-hydrogen) atoms. The van der Waals surface area contributed by atoms with Gasteiger partial charge in [0.2, 0.25) is 0 Å². The summed E-state index contributed by atoms with van der Waals surface area (Å²) in [6.07, 6.45) is 2.06. The number of benzene rings is 2. The van der Waals surface area contributed by atoms with Crippen LogP contribution in [0.5, 0.6) is 0 Å². The van der Waals surface area contributed by atoms with Gasteiger partial charge < -0.3 is 9.88 Å². The second kappa shape index (κ2) is 6.44. The number of rotatable bonds is 6. The van der Waals surface area contributed by atoms with Gasteiger partial charge in [-0.2, -0.15) is 0 Å². The first-order chi connectivity index (χ1) is 10.4. The van der Waals surface area contributed by atoms with Gasteiger partial charge >= 0.3 is 0 Å². The number of fused-ring (bicyclic) bond motifs is 1. The molecule has 0 spiro atoms. The summed E-state index contributed by atoms with van der Waals surface area (Å²) in [5.41, 5.74) is 3.53. The van der Waals surface area contributed by atoms with Gasteiger partial charge in [-0.15, -0.1) is 0 Å². The molecule has 0 aliphatic carbocycles. The third-order valence-electron chi connectivity index (χ3n) is 3.71. The monoisotopic (exact) mass is 279 g/mol. The van der Waals surface area contributed by atoms with Crippen LogP contribution in [0.3, 0.4) is 0 Å². The Bertz CT molecular complexity index is 701. The zero-order valence-electron chi connectivity index (χ0n) is 12.4. The second-order valence-electron chi connectivity index (χ2n) is 5.17. The maximum atomic E-state index is 4.71. The minimum atomic E-state index is 0.972. The summed E-state index contributed by atoms with van der Waals surface area (Å²) in [6.45, 7) is 4.14. The summed E-state index contributed by atoms with van der Waals surface area (Å²) >= 11 is 0. The largest absolute Gasteiger partial charge is 0.385 e. The van der Waals surface area contributed by atoms with Crippen molar-refractivity contribution in [3.63, 3.8) is 0 Å². The van der Waals surface area contributed by atoms with Crippen LogP contribution in [0.25, 0.3) is 11.0 Å². The quantitative estimate of drug-likeness (QED) is 0.688. The van der Waals surface area contributed by atoms with E-state index in [0.717, 1.165) is 31.4 Å². The van der Waals surface area contributed by atoms with Crippen LogP contribution in [0.15, 0.2) is 54.6 Å². The molecule has 0 saturated carbocycles. The first-order valence-corrected chi connectivity index (χ1v) is 7.61. The van der Waals surface area contributed by atoms with E-state index in [0.29, 0.717) is 0 Å². The Morgan fingerprint density at radius 1 is 1.00 bits per heavy atom. The predicted octanol–water partition coefficient (Wildman–Crippen LogP) is 4.10. The maximum Gasteiger partial charge on any atom is 0.109 e. The SMILES string of the molecule is CCc1nc2ccccc2n1CCCNc1ccccc1. The molecule has 0 fully saturated rings. The lowest BCUT2D eigenvalue weighted by atomic mass is 10.3. The van der Waals surface area contributed by atoms with Gasteiger partial charge in [0.05, 0.1) is 11.0 Å². The molecule has 0 saturated heterocycles. The van der Waals surface area contributed by atoms with Crippen molar-refractivity contribution in [1.82, 2.24) is 9.55 Å². The van der Waals surface area contributed by atoms with E-state index < -0.39 is 0 Å². The Balaban J connectivity index is 1.65. The summed E-state index contributed by atoms with van der Waals surface area (Å²) in [5.74, 6) is 1.18. The number of nitrogens with one attached hydrogen (secondary N) is 1. The summed E-state index contributed by atoms with van der Waals surface area (Å²) in [6, 6.07) is 18.7. The Kier molecular flexibility index (Phi) is 4.20. The number of para-hydroxylation sites is 3. The number of aryl methyl sites for hydroxylation is 2. The molecule has 0 amide bonds. The first kappa shape index (κ1) is 13.7. The van der Waals surface area contributed by atoms with Gasteiger partial charge in [-0.3, -0.25) is 0 Å². The molecule has 0 radical (unpaired) electrons. The summed E-state index contributed by atoms with van der Waals surface area (Å²) in [5, 5.41) is 3.46. The van der Waals surface area contributed by atoms with Crippen molar-refractivity contribution in [2.45, 2.75) is 26.3 Å². The van der Waals surface area contributed by atoms with Gasteiger partial charge in [-0.1, -0.05) is 37.3 Å². The van der Waals surface area contributed by atoms with Gasteiger partial charge in [-0.05, 0) is 30.7 Å². The standard InChI is InChI=1S/C18H21N3/c1-2-18-20-16-11-6-7-12-17(16)21(18)14-8-13-19-15-9-4-3-5-10-15/h3-7,9-12,19H,2,8,13-14H2,1H3. The highest BCUT2D eigenvalue weighted by Crippen LogP contribution is 2.17. The maximum absolute atomic E-state index is 4.71. The van der Waals surface area contributed by atoms with Crippen LogP contribution in [-0.2, 0) is 13.0 Å². The zero-order chi connectivity index (χ0) is 14.5. The Hall–Kier alpha value is -2.29. The lowest BCUT2D eigenvalue weighted by Gasteiger charge is -2.09. The molecule has 1 aromatic heterocycles. The number of hydrogen-bond acceptors (Lipinski definition) is 2. The van der Waals surface area contributed by atoms with E-state index >= 15 is 0 Å². The molecule has 3 aromatic rings. The number of imidazole rings is 1. The molecule has 0 aliphatic rings. The van der Waals surface area contributed by atoms with Crippen molar-refractivity contribution in [2.24, 2.45) is 0 Å². The van der Waals surface area contributed by atoms with Crippen molar-refractivity contribution < 1.29 is 0 Å². The van der Waals surface area contributed by atoms with Crippen molar-refractivity contribution in [2.75, 3.05) is 11.9 Å². The Labute approximate surface area is 125 Å². The van der Waals surface area contributed by atoms with Gasteiger partial charge in [-0.25, -0.2) is 4.98 Å². The van der Waals surface area contributed by atoms with E-state index in [1.165, 1.54) is 17.0 Å². The molecule has 0 bridgehead atoms. The summed E-state index contributed by atoms with van der Waals surface area (Å²) in [4.78, 5) is 4.71. The molecule has 108 valence electrons. The topological polar surface area (TPSA) is 29.9 Å². The fraction of sp³-hybridized carbons (Fsp3) is 0.278. The van der Waals surface area contributed by atoms with Crippen LogP contribution in [0.2, 0.25) is 0 Å². The molecule has 0 atom stereocenters. The normalized spacial score (nSPS) is 10.9. The lowest BCUT2D eigenvalue weighted by Crippen LogP contribution is -2.08. The second-order valence-corrected chi connectivity index (χ2v) is 5.17. The van der Waals surface area contributed by atoms with Crippen LogP contribution in [0.1, 0.15) is 19.2 Å². The van der Waals surface area contributed by atoms with Gasteiger partial charge in [0, 0.05) is 25.2 Å². The molecule has 3 rings (SSSR count). The fourth-order valence-electron chi connectivity index (χ4n) is 2.67. The van der Waals surface area contributed by atoms with Gasteiger partial charge in [0.15, 0.2) is 0 Å². The molecule has 0 unspecified atom stereocenters. The highest BCUT2D eigenvalue weighted by Gasteiger charge is 2.07. The Morgan fingerprint density at radius 2 is 1.76 bits per heavy atom. The number of nitrogens with zero attached hydrogens (tertiary/aromatic N) is 2. The number of anilines is 1. The highest BCUT2D eigenvalue weighted by atomic mass is 15.1. The molecule has 0 aliphatic heterocycles. The van der Waals surface area contributed by atoms with Crippen LogP contribution in [-0.4, -0.2) is 16.1 Å². The van der Waals surface area contributed by atoms with E-state index in [1.54, 1.807) is 0 Å². The van der Waals surface area contributed by atoms with E-state index in [-0.39, 0.29) is 0 Å². The summed E-state index contributed by atoms with van der Waals surface area (Å²) in [7, 11) is 0. The van der Waals surface area contributed by atoms with Gasteiger partial charge in [0.25, 0.3) is 0 Å². The average Bonchev–Trinajstić information content (AvgIpc) is 2.90. The predicted molar refractivity (Wildman–Crippen MR) is 88.7 cm³/mol. The minimum absolute atomic E-state index is 0.972. The molecular formula is C18H21N3. The molecular weight excluding hydrogens is 258 g/mol. The zero-order valence-corrected chi connectivity index (χ0v) is 12.4. The van der Waals surface area contributed by atoms with Crippen LogP contribution < -0.4 is 5.32 Å². The molecule has 1 N–H and O–H groups in total. The van der Waals surface area contributed by atoms with Crippen LogP contribution in [0, 0.1) is 0 Å². The minimum Gasteiger partial charge on any atom is -0.385 e. The molecule has 2 aromatic carbocycles. The van der Waals surface area contributed by atoms with Crippen molar-refractivity contribution in [3.05, 3.63) is 60.4 Å². The van der Waals surface area contributed by atoms with Crippen molar-refractivity contribution in [1.29, 1.82) is 0 Å². The molecule has 3 nitrogen and oxygen atoms in total. The average molecular weight is 279 g/mol. The third kappa shape index (κ3) is 3.07. The van der Waals surface area contributed by atoms with E-state index in [9.17, 15) is 0 Å². The Morgan fingerprint density at radius 3 is 2.57 bits per heavy atom. The van der Waals surface area contributed by atoms with E-state index in [4.69, 9.17) is 4.98 Å². The molecule has 3 heteroatoms.